The third-order valence-electron chi connectivity index (χ3n) is 2.56. The highest BCUT2D eigenvalue weighted by Gasteiger charge is 2.12. The molecule has 3 N–H and O–H groups in total. The van der Waals surface area contributed by atoms with Gasteiger partial charge in [-0.05, 0) is 13.0 Å². The molecule has 7 nitrogen and oxygen atoms in total. The van der Waals surface area contributed by atoms with Crippen molar-refractivity contribution in [3.8, 4) is 11.5 Å². The Morgan fingerprint density at radius 1 is 1.35 bits per heavy atom. The topological polar surface area (TPSA) is 98.3 Å². The van der Waals surface area contributed by atoms with Crippen LogP contribution in [0.3, 0.4) is 0 Å². The number of aromatic nitrogens is 6. The predicted molar refractivity (Wildman–Crippen MR) is 63.0 cm³/mol. The van der Waals surface area contributed by atoms with E-state index in [1.807, 2.05) is 20.0 Å². The van der Waals surface area contributed by atoms with Gasteiger partial charge in [0.1, 0.15) is 17.5 Å². The molecule has 0 saturated carbocycles. The van der Waals surface area contributed by atoms with Crippen molar-refractivity contribution in [2.75, 3.05) is 5.73 Å². The fraction of sp³-hybridized carbons (Fsp3) is 0.200. The second kappa shape index (κ2) is 3.27. The van der Waals surface area contributed by atoms with Gasteiger partial charge in [0.2, 0.25) is 0 Å². The summed E-state index contributed by atoms with van der Waals surface area (Å²) >= 11 is 0. The average molecular weight is 229 g/mol. The van der Waals surface area contributed by atoms with E-state index in [4.69, 9.17) is 5.73 Å². The van der Waals surface area contributed by atoms with Crippen LogP contribution >= 0.6 is 0 Å². The standard InChI is InChI=1S/C10H11N7/c1-5-3-6(17(2)16-5)9-14-7-8(11)12-4-13-10(7)15-9/h3-4H,1-2H3,(H3,11,12,13,14,15). The Hall–Kier alpha value is -2.44. The minimum Gasteiger partial charge on any atom is -0.382 e. The molecule has 86 valence electrons. The predicted octanol–water partition coefficient (Wildman–Crippen LogP) is 0.644. The van der Waals surface area contributed by atoms with Crippen LogP contribution in [0.1, 0.15) is 5.69 Å². The van der Waals surface area contributed by atoms with Gasteiger partial charge in [0.05, 0.1) is 5.69 Å². The van der Waals surface area contributed by atoms with Crippen molar-refractivity contribution in [2.24, 2.45) is 7.05 Å². The van der Waals surface area contributed by atoms with Crippen LogP contribution in [0, 0.1) is 6.92 Å². The molecule has 0 aliphatic rings. The molecule has 0 radical (unpaired) electrons. The van der Waals surface area contributed by atoms with Crippen molar-refractivity contribution < 1.29 is 0 Å². The van der Waals surface area contributed by atoms with E-state index < -0.39 is 0 Å². The number of aromatic amines is 1. The second-order valence-electron chi connectivity index (χ2n) is 3.84. The lowest BCUT2D eigenvalue weighted by Gasteiger charge is -1.95. The van der Waals surface area contributed by atoms with Crippen LogP contribution in [0.4, 0.5) is 5.82 Å². The fourth-order valence-electron chi connectivity index (χ4n) is 1.80. The van der Waals surface area contributed by atoms with Crippen molar-refractivity contribution in [1.82, 2.24) is 29.7 Å². The van der Waals surface area contributed by atoms with E-state index in [2.05, 4.69) is 25.0 Å². The van der Waals surface area contributed by atoms with E-state index in [0.29, 0.717) is 22.8 Å². The van der Waals surface area contributed by atoms with Crippen molar-refractivity contribution in [1.29, 1.82) is 0 Å². The molecule has 0 saturated heterocycles. The second-order valence-corrected chi connectivity index (χ2v) is 3.84. The Morgan fingerprint density at radius 3 is 2.82 bits per heavy atom. The number of nitrogen functional groups attached to an aromatic ring is 1. The zero-order valence-corrected chi connectivity index (χ0v) is 9.47. The zero-order valence-electron chi connectivity index (χ0n) is 9.47. The van der Waals surface area contributed by atoms with Crippen molar-refractivity contribution in [2.45, 2.75) is 6.92 Å². The summed E-state index contributed by atoms with van der Waals surface area (Å²) in [6.45, 7) is 1.93. The Morgan fingerprint density at radius 2 is 2.18 bits per heavy atom. The lowest BCUT2D eigenvalue weighted by molar-refractivity contribution is 0.760. The molecule has 0 atom stereocenters. The normalized spacial score (nSPS) is 11.2. The first-order valence-electron chi connectivity index (χ1n) is 5.12. The molecule has 17 heavy (non-hydrogen) atoms. The van der Waals surface area contributed by atoms with Crippen LogP contribution in [-0.2, 0) is 7.05 Å². The van der Waals surface area contributed by atoms with E-state index in [0.717, 1.165) is 11.4 Å². The fourth-order valence-corrected chi connectivity index (χ4v) is 1.80. The Balaban J connectivity index is 2.25. The number of aryl methyl sites for hydroxylation is 2. The monoisotopic (exact) mass is 229 g/mol. The molecular formula is C10H11N7. The molecule has 7 heteroatoms. The molecule has 0 amide bonds. The number of nitrogens with one attached hydrogen (secondary N) is 1. The van der Waals surface area contributed by atoms with Crippen molar-refractivity contribution in [3.63, 3.8) is 0 Å². The smallest absolute Gasteiger partial charge is 0.183 e. The summed E-state index contributed by atoms with van der Waals surface area (Å²) < 4.78 is 1.76. The molecule has 0 unspecified atom stereocenters. The lowest BCUT2D eigenvalue weighted by atomic mass is 10.3. The number of fused-ring (bicyclic) bond motifs is 1. The number of nitrogens with two attached hydrogens (primary N) is 1. The van der Waals surface area contributed by atoms with Crippen LogP contribution in [0.15, 0.2) is 12.4 Å². The van der Waals surface area contributed by atoms with Gasteiger partial charge in [-0.15, -0.1) is 0 Å². The third-order valence-corrected chi connectivity index (χ3v) is 2.56. The Kier molecular flexibility index (Phi) is 1.88. The SMILES string of the molecule is Cc1cc(-c2nc3ncnc(N)c3[nH]2)n(C)n1. The summed E-state index contributed by atoms with van der Waals surface area (Å²) in [5.74, 6) is 1.09. The highest BCUT2D eigenvalue weighted by molar-refractivity contribution is 5.83. The average Bonchev–Trinajstić information content (AvgIpc) is 2.82. The van der Waals surface area contributed by atoms with E-state index in [-0.39, 0.29) is 0 Å². The van der Waals surface area contributed by atoms with Gasteiger partial charge >= 0.3 is 0 Å². The highest BCUT2D eigenvalue weighted by atomic mass is 15.3. The molecule has 0 fully saturated rings. The van der Waals surface area contributed by atoms with Crippen LogP contribution < -0.4 is 5.73 Å². The number of hydrogen-bond donors (Lipinski definition) is 2. The van der Waals surface area contributed by atoms with Crippen LogP contribution in [0.5, 0.6) is 0 Å². The third kappa shape index (κ3) is 1.43. The van der Waals surface area contributed by atoms with Crippen molar-refractivity contribution in [3.05, 3.63) is 18.1 Å². The molecule has 0 spiro atoms. The number of H-pyrrole nitrogens is 1. The van der Waals surface area contributed by atoms with E-state index in [1.165, 1.54) is 6.33 Å². The van der Waals surface area contributed by atoms with Crippen LogP contribution in [-0.4, -0.2) is 29.7 Å². The van der Waals surface area contributed by atoms with E-state index in [9.17, 15) is 0 Å². The molecule has 0 bridgehead atoms. The zero-order chi connectivity index (χ0) is 12.0. The van der Waals surface area contributed by atoms with Gasteiger partial charge in [-0.3, -0.25) is 4.68 Å². The first kappa shape index (κ1) is 9.76. The largest absolute Gasteiger partial charge is 0.382 e. The number of rotatable bonds is 1. The summed E-state index contributed by atoms with van der Waals surface area (Å²) in [6.07, 6.45) is 1.40. The first-order chi connectivity index (χ1) is 8.15. The summed E-state index contributed by atoms with van der Waals surface area (Å²) in [7, 11) is 1.87. The minimum absolute atomic E-state index is 0.396. The van der Waals surface area contributed by atoms with E-state index >= 15 is 0 Å². The van der Waals surface area contributed by atoms with Gasteiger partial charge in [0.25, 0.3) is 0 Å². The maximum atomic E-state index is 5.75. The van der Waals surface area contributed by atoms with Crippen LogP contribution in [0.2, 0.25) is 0 Å². The van der Waals surface area contributed by atoms with Gasteiger partial charge in [0, 0.05) is 7.05 Å². The number of nitrogens with zero attached hydrogens (tertiary/aromatic N) is 5. The van der Waals surface area contributed by atoms with Gasteiger partial charge in [-0.2, -0.15) is 5.10 Å². The molecule has 3 aromatic rings. The summed E-state index contributed by atoms with van der Waals surface area (Å²) in [6, 6.07) is 1.95. The molecular weight excluding hydrogens is 218 g/mol. The molecule has 0 aliphatic carbocycles. The molecule has 3 rings (SSSR count). The number of imidazole rings is 1. The Bertz CT molecular complexity index is 694. The molecule has 3 aromatic heterocycles. The molecule has 3 heterocycles. The maximum absolute atomic E-state index is 5.75. The minimum atomic E-state index is 0.396. The lowest BCUT2D eigenvalue weighted by Crippen LogP contribution is -1.94. The first-order valence-corrected chi connectivity index (χ1v) is 5.12. The van der Waals surface area contributed by atoms with E-state index in [1.54, 1.807) is 4.68 Å². The maximum Gasteiger partial charge on any atom is 0.183 e. The number of anilines is 1. The van der Waals surface area contributed by atoms with Gasteiger partial charge in [-0.1, -0.05) is 0 Å². The summed E-state index contributed by atoms with van der Waals surface area (Å²) in [5.41, 5.74) is 8.78. The highest BCUT2D eigenvalue weighted by Crippen LogP contribution is 2.21. The Labute approximate surface area is 96.7 Å². The van der Waals surface area contributed by atoms with Gasteiger partial charge in [-0.25, -0.2) is 15.0 Å². The quantitative estimate of drug-likeness (QED) is 0.638. The van der Waals surface area contributed by atoms with Crippen molar-refractivity contribution >= 4 is 17.0 Å². The molecule has 0 aromatic carbocycles. The van der Waals surface area contributed by atoms with Gasteiger partial charge < -0.3 is 10.7 Å². The number of hydrogen-bond acceptors (Lipinski definition) is 5. The molecule has 0 aliphatic heterocycles. The van der Waals surface area contributed by atoms with Gasteiger partial charge in [0.15, 0.2) is 17.3 Å². The summed E-state index contributed by atoms with van der Waals surface area (Å²) in [5, 5.41) is 4.27. The van der Waals surface area contributed by atoms with Crippen LogP contribution in [0.25, 0.3) is 22.7 Å². The summed E-state index contributed by atoms with van der Waals surface area (Å²) in [4.78, 5) is 15.5.